The number of nitrogens with zero attached hydrogens (tertiary/aromatic N) is 2. The Balaban J connectivity index is 2.46. The molecule has 5 nitrogen and oxygen atoms in total. The number of nitriles is 1. The van der Waals surface area contributed by atoms with Gasteiger partial charge in [0.15, 0.2) is 5.76 Å². The number of nitrogen functional groups attached to an aromatic ring is 1. The Hall–Kier alpha value is -3.00. The van der Waals surface area contributed by atoms with E-state index in [4.69, 9.17) is 20.1 Å². The summed E-state index contributed by atoms with van der Waals surface area (Å²) in [6, 6.07) is 7.36. The van der Waals surface area contributed by atoms with Crippen molar-refractivity contribution < 1.29 is 9.15 Å². The van der Waals surface area contributed by atoms with Crippen molar-refractivity contribution in [3.05, 3.63) is 54.0 Å². The van der Waals surface area contributed by atoms with E-state index in [0.29, 0.717) is 22.6 Å². The van der Waals surface area contributed by atoms with Crippen LogP contribution in [-0.2, 0) is 4.74 Å². The van der Waals surface area contributed by atoms with E-state index < -0.39 is 0 Å². The smallest absolute Gasteiger partial charge is 0.152 e. The van der Waals surface area contributed by atoms with Crippen LogP contribution in [0.1, 0.15) is 11.1 Å². The Bertz CT molecular complexity index is 680. The van der Waals surface area contributed by atoms with Gasteiger partial charge in [-0.15, -0.1) is 0 Å². The van der Waals surface area contributed by atoms with Crippen LogP contribution in [0.4, 0.5) is 5.82 Å². The number of anilines is 1. The lowest BCUT2D eigenvalue weighted by Crippen LogP contribution is -1.99. The van der Waals surface area contributed by atoms with Gasteiger partial charge < -0.3 is 14.9 Å². The second kappa shape index (κ2) is 6.25. The standard InChI is InChI=1S/C15H13N3O2/c1-19-7-3-2-5-11-9-13(14-6-4-8-20-14)18-15(17)12(11)10-16/h2-9H,1H3,(H2,17,18)/b5-2+,7-3-. The number of hydrogen-bond donors (Lipinski definition) is 1. The van der Waals surface area contributed by atoms with Crippen molar-refractivity contribution in [1.29, 1.82) is 5.26 Å². The summed E-state index contributed by atoms with van der Waals surface area (Å²) in [6.07, 6.45) is 8.32. The minimum absolute atomic E-state index is 0.178. The molecular formula is C15H13N3O2. The van der Waals surface area contributed by atoms with Crippen molar-refractivity contribution in [2.45, 2.75) is 0 Å². The van der Waals surface area contributed by atoms with Crippen LogP contribution in [0.3, 0.4) is 0 Å². The molecule has 2 rings (SSSR count). The van der Waals surface area contributed by atoms with E-state index in [2.05, 4.69) is 11.1 Å². The van der Waals surface area contributed by atoms with E-state index in [9.17, 15) is 0 Å². The summed E-state index contributed by atoms with van der Waals surface area (Å²) < 4.78 is 10.1. The molecule has 2 N–H and O–H groups in total. The van der Waals surface area contributed by atoms with Gasteiger partial charge in [-0.05, 0) is 29.8 Å². The van der Waals surface area contributed by atoms with Crippen LogP contribution < -0.4 is 5.73 Å². The molecular weight excluding hydrogens is 254 g/mol. The molecule has 0 aliphatic rings. The third-order valence-corrected chi connectivity index (χ3v) is 2.56. The minimum Gasteiger partial charge on any atom is -0.504 e. The largest absolute Gasteiger partial charge is 0.504 e. The molecule has 2 heterocycles. The molecule has 0 unspecified atom stereocenters. The number of nitrogens with two attached hydrogens (primary N) is 1. The molecule has 0 saturated carbocycles. The highest BCUT2D eigenvalue weighted by Gasteiger charge is 2.11. The monoisotopic (exact) mass is 267 g/mol. The Kier molecular flexibility index (Phi) is 4.20. The Morgan fingerprint density at radius 3 is 2.95 bits per heavy atom. The third-order valence-electron chi connectivity index (χ3n) is 2.56. The second-order valence-corrected chi connectivity index (χ2v) is 3.87. The summed E-state index contributed by atoms with van der Waals surface area (Å²) in [5.41, 5.74) is 7.41. The fraction of sp³-hybridized carbons (Fsp3) is 0.0667. The molecule has 0 atom stereocenters. The van der Waals surface area contributed by atoms with Crippen molar-refractivity contribution in [3.8, 4) is 17.5 Å². The fourth-order valence-electron chi connectivity index (χ4n) is 1.67. The molecule has 0 amide bonds. The summed E-state index contributed by atoms with van der Waals surface area (Å²) in [5.74, 6) is 0.778. The van der Waals surface area contributed by atoms with Gasteiger partial charge >= 0.3 is 0 Å². The zero-order chi connectivity index (χ0) is 14.4. The molecule has 0 saturated heterocycles. The van der Waals surface area contributed by atoms with Gasteiger partial charge in [0.25, 0.3) is 0 Å². The quantitative estimate of drug-likeness (QED) is 0.680. The summed E-state index contributed by atoms with van der Waals surface area (Å²) >= 11 is 0. The van der Waals surface area contributed by atoms with Gasteiger partial charge in [0.1, 0.15) is 23.1 Å². The number of hydrogen-bond acceptors (Lipinski definition) is 5. The highest BCUT2D eigenvalue weighted by Crippen LogP contribution is 2.24. The maximum atomic E-state index is 9.15. The minimum atomic E-state index is 0.178. The normalized spacial score (nSPS) is 11.0. The van der Waals surface area contributed by atoms with Crippen LogP contribution in [-0.4, -0.2) is 12.1 Å². The second-order valence-electron chi connectivity index (χ2n) is 3.87. The number of rotatable bonds is 4. The van der Waals surface area contributed by atoms with Crippen molar-refractivity contribution >= 4 is 11.9 Å². The fourth-order valence-corrected chi connectivity index (χ4v) is 1.67. The molecule has 2 aromatic heterocycles. The molecule has 5 heteroatoms. The molecule has 0 aliphatic carbocycles. The van der Waals surface area contributed by atoms with Gasteiger partial charge in [-0.3, -0.25) is 0 Å². The SMILES string of the molecule is CO/C=C\C=C\c1cc(-c2ccco2)nc(N)c1C#N. The average molecular weight is 267 g/mol. The van der Waals surface area contributed by atoms with Gasteiger partial charge in [0.2, 0.25) is 0 Å². The first-order valence-corrected chi connectivity index (χ1v) is 5.86. The highest BCUT2D eigenvalue weighted by molar-refractivity contribution is 5.71. The van der Waals surface area contributed by atoms with Crippen LogP contribution in [0.5, 0.6) is 0 Å². The van der Waals surface area contributed by atoms with Gasteiger partial charge in [-0.25, -0.2) is 4.98 Å². The number of furan rings is 1. The number of methoxy groups -OCH3 is 1. The lowest BCUT2D eigenvalue weighted by atomic mass is 10.1. The summed E-state index contributed by atoms with van der Waals surface area (Å²) in [4.78, 5) is 4.18. The van der Waals surface area contributed by atoms with E-state index in [-0.39, 0.29) is 5.82 Å². The van der Waals surface area contributed by atoms with E-state index in [1.165, 1.54) is 6.26 Å². The van der Waals surface area contributed by atoms with Gasteiger partial charge in [-0.2, -0.15) is 5.26 Å². The van der Waals surface area contributed by atoms with Crippen LogP contribution in [0.25, 0.3) is 17.5 Å². The maximum Gasteiger partial charge on any atom is 0.152 e. The molecule has 0 aliphatic heterocycles. The van der Waals surface area contributed by atoms with E-state index in [1.54, 1.807) is 49.8 Å². The number of pyridine rings is 1. The predicted octanol–water partition coefficient (Wildman–Crippen LogP) is 2.97. The Morgan fingerprint density at radius 1 is 1.45 bits per heavy atom. The van der Waals surface area contributed by atoms with Crippen molar-refractivity contribution in [1.82, 2.24) is 4.98 Å². The van der Waals surface area contributed by atoms with Crippen molar-refractivity contribution in [2.75, 3.05) is 12.8 Å². The summed E-state index contributed by atoms with van der Waals surface area (Å²) in [7, 11) is 1.56. The van der Waals surface area contributed by atoms with Gasteiger partial charge in [0, 0.05) is 0 Å². The van der Waals surface area contributed by atoms with Gasteiger partial charge in [-0.1, -0.05) is 12.2 Å². The maximum absolute atomic E-state index is 9.15. The first kappa shape index (κ1) is 13.4. The highest BCUT2D eigenvalue weighted by atomic mass is 16.5. The van der Waals surface area contributed by atoms with Crippen molar-refractivity contribution in [3.63, 3.8) is 0 Å². The van der Waals surface area contributed by atoms with Gasteiger partial charge in [0.05, 0.1) is 19.6 Å². The van der Waals surface area contributed by atoms with E-state index in [1.807, 2.05) is 0 Å². The zero-order valence-electron chi connectivity index (χ0n) is 10.9. The number of ether oxygens (including phenoxy) is 1. The topological polar surface area (TPSA) is 85.1 Å². The van der Waals surface area contributed by atoms with Crippen molar-refractivity contribution in [2.24, 2.45) is 0 Å². The van der Waals surface area contributed by atoms with E-state index in [0.717, 1.165) is 0 Å². The summed E-state index contributed by atoms with van der Waals surface area (Å²) in [6.45, 7) is 0. The lowest BCUT2D eigenvalue weighted by molar-refractivity contribution is 0.338. The van der Waals surface area contributed by atoms with Crippen LogP contribution >= 0.6 is 0 Å². The molecule has 100 valence electrons. The average Bonchev–Trinajstić information content (AvgIpc) is 2.97. The molecule has 0 aromatic carbocycles. The first-order valence-electron chi connectivity index (χ1n) is 5.86. The Labute approximate surface area is 116 Å². The molecule has 0 spiro atoms. The Morgan fingerprint density at radius 2 is 2.30 bits per heavy atom. The van der Waals surface area contributed by atoms with E-state index >= 15 is 0 Å². The predicted molar refractivity (Wildman–Crippen MR) is 76.2 cm³/mol. The molecule has 0 fully saturated rings. The lowest BCUT2D eigenvalue weighted by Gasteiger charge is -2.04. The zero-order valence-corrected chi connectivity index (χ0v) is 10.9. The van der Waals surface area contributed by atoms with Crippen LogP contribution in [0.15, 0.2) is 47.3 Å². The molecule has 0 bridgehead atoms. The summed E-state index contributed by atoms with van der Waals surface area (Å²) in [5, 5.41) is 9.15. The molecule has 0 radical (unpaired) electrons. The number of allylic oxidation sites excluding steroid dienone is 2. The number of aromatic nitrogens is 1. The van der Waals surface area contributed by atoms with Crippen LogP contribution in [0, 0.1) is 11.3 Å². The third kappa shape index (κ3) is 2.87. The molecule has 2 aromatic rings. The first-order chi connectivity index (χ1) is 9.76. The molecule has 20 heavy (non-hydrogen) atoms. The van der Waals surface area contributed by atoms with Crippen LogP contribution in [0.2, 0.25) is 0 Å².